The highest BCUT2D eigenvalue weighted by molar-refractivity contribution is 7.99. The fourth-order valence-corrected chi connectivity index (χ4v) is 7.15. The zero-order valence-electron chi connectivity index (χ0n) is 24.1. The summed E-state index contributed by atoms with van der Waals surface area (Å²) in [5.74, 6) is 1.35. The first-order valence-corrected chi connectivity index (χ1v) is 15.3. The van der Waals surface area contributed by atoms with E-state index in [-0.39, 0.29) is 23.3 Å². The molecule has 1 unspecified atom stereocenters. The second-order valence-corrected chi connectivity index (χ2v) is 13.8. The van der Waals surface area contributed by atoms with Gasteiger partial charge in [0.1, 0.15) is 17.2 Å². The molecule has 2 saturated heterocycles. The quantitative estimate of drug-likeness (QED) is 0.208. The van der Waals surface area contributed by atoms with Gasteiger partial charge in [0.15, 0.2) is 5.16 Å². The van der Waals surface area contributed by atoms with Gasteiger partial charge in [0.05, 0.1) is 5.56 Å². The molecule has 2 aromatic rings. The van der Waals surface area contributed by atoms with Crippen molar-refractivity contribution < 1.29 is 27.1 Å². The second-order valence-electron chi connectivity index (χ2n) is 12.7. The molecular formula is C29H39F4N5O2S. The van der Waals surface area contributed by atoms with Gasteiger partial charge in [-0.3, -0.25) is 0 Å². The van der Waals surface area contributed by atoms with Gasteiger partial charge in [0.25, 0.3) is 0 Å². The fourth-order valence-electron chi connectivity index (χ4n) is 6.31. The second kappa shape index (κ2) is 11.4. The Labute approximate surface area is 243 Å². The van der Waals surface area contributed by atoms with E-state index in [0.29, 0.717) is 24.7 Å². The summed E-state index contributed by atoms with van der Waals surface area (Å²) in [4.78, 5) is 16.5. The van der Waals surface area contributed by atoms with E-state index < -0.39 is 23.2 Å². The minimum Gasteiger partial charge on any atom is -0.444 e. The van der Waals surface area contributed by atoms with Crippen LogP contribution in [-0.2, 0) is 18.0 Å². The van der Waals surface area contributed by atoms with E-state index >= 15 is 0 Å². The van der Waals surface area contributed by atoms with Crippen LogP contribution in [-0.4, -0.2) is 74.7 Å². The minimum absolute atomic E-state index is 0.00257. The highest BCUT2D eigenvalue weighted by atomic mass is 32.2. The molecule has 7 nitrogen and oxygen atoms in total. The summed E-state index contributed by atoms with van der Waals surface area (Å²) in [7, 11) is 2.00. The van der Waals surface area contributed by atoms with Gasteiger partial charge in [-0.05, 0) is 95.0 Å². The van der Waals surface area contributed by atoms with Crippen molar-refractivity contribution in [2.45, 2.75) is 81.6 Å². The predicted molar refractivity (Wildman–Crippen MR) is 148 cm³/mol. The third kappa shape index (κ3) is 6.84. The van der Waals surface area contributed by atoms with Crippen LogP contribution in [0.2, 0.25) is 0 Å². The Hall–Kier alpha value is -2.34. The molecule has 41 heavy (non-hydrogen) atoms. The molecule has 5 rings (SSSR count). The number of hydrogen-bond acceptors (Lipinski definition) is 6. The molecule has 0 radical (unpaired) electrons. The maximum Gasteiger partial charge on any atom is 0.416 e. The van der Waals surface area contributed by atoms with Crippen LogP contribution in [0.4, 0.5) is 22.4 Å². The Morgan fingerprint density at radius 1 is 1.15 bits per heavy atom. The molecule has 1 aromatic carbocycles. The molecule has 3 heterocycles. The van der Waals surface area contributed by atoms with Crippen molar-refractivity contribution in [3.8, 4) is 0 Å². The molecule has 3 aliphatic rings. The van der Waals surface area contributed by atoms with Crippen molar-refractivity contribution in [1.29, 1.82) is 0 Å². The summed E-state index contributed by atoms with van der Waals surface area (Å²) < 4.78 is 60.8. The third-order valence-corrected chi connectivity index (χ3v) is 9.69. The number of piperidine rings is 1. The van der Waals surface area contributed by atoms with Gasteiger partial charge >= 0.3 is 12.3 Å². The molecule has 3 fully saturated rings. The molecular weight excluding hydrogens is 558 g/mol. The first kappa shape index (κ1) is 30.1. The number of amides is 1. The molecule has 1 amide bonds. The highest BCUT2D eigenvalue weighted by Gasteiger charge is 2.58. The first-order chi connectivity index (χ1) is 19.3. The van der Waals surface area contributed by atoms with E-state index in [1.807, 2.05) is 27.8 Å². The number of carbonyl (C=O) groups excluding carboxylic acids is 1. The van der Waals surface area contributed by atoms with Crippen LogP contribution in [0.3, 0.4) is 0 Å². The monoisotopic (exact) mass is 597 g/mol. The van der Waals surface area contributed by atoms with Crippen molar-refractivity contribution >= 4 is 17.9 Å². The van der Waals surface area contributed by atoms with E-state index in [0.717, 1.165) is 74.5 Å². The average molecular weight is 598 g/mol. The number of halogens is 4. The molecule has 0 bridgehead atoms. The van der Waals surface area contributed by atoms with Crippen LogP contribution in [0.5, 0.6) is 0 Å². The third-order valence-electron chi connectivity index (χ3n) is 8.59. The summed E-state index contributed by atoms with van der Waals surface area (Å²) in [6, 6.07) is 2.96. The van der Waals surface area contributed by atoms with Crippen molar-refractivity contribution in [1.82, 2.24) is 24.6 Å². The van der Waals surface area contributed by atoms with E-state index in [1.54, 1.807) is 16.7 Å². The number of nitrogens with zero attached hydrogens (tertiary/aromatic N) is 5. The van der Waals surface area contributed by atoms with Gasteiger partial charge in [-0.2, -0.15) is 13.2 Å². The van der Waals surface area contributed by atoms with Crippen molar-refractivity contribution in [2.24, 2.45) is 12.5 Å². The minimum atomic E-state index is -4.53. The number of benzene rings is 1. The fraction of sp³-hybridized carbons (Fsp3) is 0.690. The molecule has 0 N–H and O–H groups in total. The standard InChI is InChI=1S/C29H39F4N5O2S/c1-27(2,3)40-26(39)38-12-8-19(9-13-38)24-34-35-25(36(24)4)41-15-5-11-37-14-10-28(18-37)17-22(28)21-7-6-20(16-23(21)30)29(31,32)33/h6-7,16,19,22H,5,8-15,17-18H2,1-4H3/t22?,28-/m0/s1. The summed E-state index contributed by atoms with van der Waals surface area (Å²) in [5, 5.41) is 9.77. The van der Waals surface area contributed by atoms with Gasteiger partial charge in [0.2, 0.25) is 0 Å². The van der Waals surface area contributed by atoms with Gasteiger partial charge in [0, 0.05) is 38.4 Å². The van der Waals surface area contributed by atoms with Crippen molar-refractivity contribution in [3.05, 3.63) is 41.0 Å². The molecule has 2 aliphatic heterocycles. The molecule has 1 spiro atoms. The number of aromatic nitrogens is 3. The number of carbonyl (C=O) groups is 1. The Morgan fingerprint density at radius 3 is 2.54 bits per heavy atom. The van der Waals surface area contributed by atoms with Crippen LogP contribution in [0.25, 0.3) is 0 Å². The van der Waals surface area contributed by atoms with Crippen molar-refractivity contribution in [3.63, 3.8) is 0 Å². The van der Waals surface area contributed by atoms with Crippen LogP contribution in [0.15, 0.2) is 23.4 Å². The summed E-state index contributed by atoms with van der Waals surface area (Å²) in [6.45, 7) is 9.60. The number of rotatable bonds is 7. The molecule has 1 aliphatic carbocycles. The predicted octanol–water partition coefficient (Wildman–Crippen LogP) is 6.45. The maximum absolute atomic E-state index is 14.5. The highest BCUT2D eigenvalue weighted by Crippen LogP contribution is 2.64. The van der Waals surface area contributed by atoms with Gasteiger partial charge in [-0.25, -0.2) is 9.18 Å². The number of hydrogen-bond donors (Lipinski definition) is 0. The number of thioether (sulfide) groups is 1. The Kier molecular flexibility index (Phi) is 8.37. The van der Waals surface area contributed by atoms with Gasteiger partial charge in [-0.15, -0.1) is 10.2 Å². The number of likely N-dealkylation sites (tertiary alicyclic amines) is 2. The average Bonchev–Trinajstić information content (AvgIpc) is 3.22. The maximum atomic E-state index is 14.5. The van der Waals surface area contributed by atoms with Crippen LogP contribution in [0.1, 0.15) is 81.7 Å². The summed E-state index contributed by atoms with van der Waals surface area (Å²) in [5.41, 5.74) is -1.03. The lowest BCUT2D eigenvalue weighted by Gasteiger charge is -2.33. The molecule has 226 valence electrons. The lowest BCUT2D eigenvalue weighted by molar-refractivity contribution is -0.137. The smallest absolute Gasteiger partial charge is 0.416 e. The Bertz CT molecular complexity index is 1250. The lowest BCUT2D eigenvalue weighted by atomic mass is 9.96. The van der Waals surface area contributed by atoms with Crippen LogP contribution >= 0.6 is 11.8 Å². The zero-order valence-corrected chi connectivity index (χ0v) is 25.0. The molecule has 1 saturated carbocycles. The van der Waals surface area contributed by atoms with E-state index in [4.69, 9.17) is 4.74 Å². The van der Waals surface area contributed by atoms with Crippen molar-refractivity contribution in [2.75, 3.05) is 38.5 Å². The van der Waals surface area contributed by atoms with Gasteiger partial charge < -0.3 is 19.1 Å². The SMILES string of the molecule is Cn1c(SCCCN2CC[C@]3(CC3c3ccc(C(F)(F)F)cc3F)C2)nnc1C1CCN(C(=O)OC(C)(C)C)CC1. The van der Waals surface area contributed by atoms with Crippen LogP contribution < -0.4 is 0 Å². The summed E-state index contributed by atoms with van der Waals surface area (Å²) >= 11 is 1.68. The lowest BCUT2D eigenvalue weighted by Crippen LogP contribution is -2.41. The van der Waals surface area contributed by atoms with E-state index in [2.05, 4.69) is 19.7 Å². The molecule has 2 atom stereocenters. The molecule has 1 aromatic heterocycles. The number of alkyl halides is 3. The van der Waals surface area contributed by atoms with E-state index in [9.17, 15) is 22.4 Å². The first-order valence-electron chi connectivity index (χ1n) is 14.3. The molecule has 12 heteroatoms. The Balaban J connectivity index is 1.05. The van der Waals surface area contributed by atoms with Gasteiger partial charge in [-0.1, -0.05) is 17.8 Å². The van der Waals surface area contributed by atoms with Crippen LogP contribution in [0, 0.1) is 11.2 Å². The normalized spacial score (nSPS) is 23.9. The largest absolute Gasteiger partial charge is 0.444 e. The topological polar surface area (TPSA) is 63.5 Å². The zero-order chi connectivity index (χ0) is 29.6. The Morgan fingerprint density at radius 2 is 1.88 bits per heavy atom. The van der Waals surface area contributed by atoms with E-state index in [1.165, 1.54) is 6.07 Å². The summed E-state index contributed by atoms with van der Waals surface area (Å²) in [6.07, 6.45) is -0.400. The number of ether oxygens (including phenoxy) is 1.